The first kappa shape index (κ1) is 30.2. The van der Waals surface area contributed by atoms with E-state index in [1.54, 1.807) is 61.5 Å². The van der Waals surface area contributed by atoms with Crippen LogP contribution in [0.2, 0.25) is 5.02 Å². The number of carbonyl (C=O) groups is 2. The van der Waals surface area contributed by atoms with E-state index in [0.717, 1.165) is 15.4 Å². The molecule has 3 rings (SSSR count). The molecule has 0 aromatic heterocycles. The number of carbonyl (C=O) groups excluding carboxylic acids is 2. The lowest BCUT2D eigenvalue weighted by Gasteiger charge is -2.32. The lowest BCUT2D eigenvalue weighted by molar-refractivity contribution is -0.139. The topological polar surface area (TPSA) is 86.8 Å². The van der Waals surface area contributed by atoms with Crippen LogP contribution in [0.3, 0.4) is 0 Å². The molecule has 0 bridgehead atoms. The lowest BCUT2D eigenvalue weighted by Crippen LogP contribution is -2.51. The van der Waals surface area contributed by atoms with Crippen LogP contribution in [-0.2, 0) is 26.2 Å². The van der Waals surface area contributed by atoms with E-state index >= 15 is 0 Å². The second-order valence-corrected chi connectivity index (χ2v) is 12.3. The monoisotopic (exact) mass is 569 g/mol. The van der Waals surface area contributed by atoms with Crippen molar-refractivity contribution >= 4 is 39.1 Å². The van der Waals surface area contributed by atoms with Crippen LogP contribution in [-0.4, -0.2) is 44.3 Å². The molecule has 7 nitrogen and oxygen atoms in total. The third-order valence-corrected chi connectivity index (χ3v) is 8.70. The number of rotatable bonds is 11. The number of amides is 2. The zero-order valence-electron chi connectivity index (χ0n) is 23.0. The summed E-state index contributed by atoms with van der Waals surface area (Å²) in [5.74, 6) is -0.627. The van der Waals surface area contributed by atoms with Crippen LogP contribution in [0.4, 0.5) is 5.69 Å². The third-order valence-electron chi connectivity index (χ3n) is 6.54. The first-order valence-corrected chi connectivity index (χ1v) is 14.7. The average Bonchev–Trinajstić information content (AvgIpc) is 2.91. The van der Waals surface area contributed by atoms with Crippen LogP contribution in [0, 0.1) is 19.8 Å². The van der Waals surface area contributed by atoms with E-state index in [1.165, 1.54) is 17.0 Å². The van der Waals surface area contributed by atoms with Gasteiger partial charge in [0.1, 0.15) is 12.6 Å². The molecule has 0 radical (unpaired) electrons. The zero-order valence-corrected chi connectivity index (χ0v) is 24.6. The highest BCUT2D eigenvalue weighted by atomic mass is 35.5. The van der Waals surface area contributed by atoms with Crippen molar-refractivity contribution in [2.45, 2.75) is 52.1 Å². The van der Waals surface area contributed by atoms with Gasteiger partial charge in [-0.15, -0.1) is 0 Å². The van der Waals surface area contributed by atoms with Crippen LogP contribution in [0.5, 0.6) is 0 Å². The first-order valence-electron chi connectivity index (χ1n) is 12.9. The molecule has 0 fully saturated rings. The summed E-state index contributed by atoms with van der Waals surface area (Å²) < 4.78 is 28.8. The predicted octanol–water partition coefficient (Wildman–Crippen LogP) is 5.34. The summed E-state index contributed by atoms with van der Waals surface area (Å²) in [6.07, 6.45) is 0. The number of halogens is 1. The van der Waals surface area contributed by atoms with Crippen molar-refractivity contribution < 1.29 is 18.0 Å². The van der Waals surface area contributed by atoms with Crippen LogP contribution in [0.1, 0.15) is 37.5 Å². The first-order chi connectivity index (χ1) is 18.4. The zero-order chi connectivity index (χ0) is 28.7. The molecule has 1 N–H and O–H groups in total. The van der Waals surface area contributed by atoms with Gasteiger partial charge in [0, 0.05) is 18.1 Å². The molecule has 9 heteroatoms. The van der Waals surface area contributed by atoms with Crippen LogP contribution < -0.4 is 9.62 Å². The van der Waals surface area contributed by atoms with Crippen molar-refractivity contribution in [2.75, 3.05) is 17.4 Å². The lowest BCUT2D eigenvalue weighted by atomic mass is 10.1. The highest BCUT2D eigenvalue weighted by molar-refractivity contribution is 7.92. The van der Waals surface area contributed by atoms with Gasteiger partial charge in [0.2, 0.25) is 11.8 Å². The fourth-order valence-electron chi connectivity index (χ4n) is 3.97. The Kier molecular flexibility index (Phi) is 10.2. The summed E-state index contributed by atoms with van der Waals surface area (Å²) in [6.45, 7) is 9.42. The minimum absolute atomic E-state index is 0.0426. The normalized spacial score (nSPS) is 12.2. The van der Waals surface area contributed by atoms with Gasteiger partial charge >= 0.3 is 0 Å². The van der Waals surface area contributed by atoms with E-state index in [4.69, 9.17) is 11.6 Å². The summed E-state index contributed by atoms with van der Waals surface area (Å²) >= 11 is 6.40. The molecule has 2 amide bonds. The van der Waals surface area contributed by atoms with Gasteiger partial charge in [0.15, 0.2) is 0 Å². The van der Waals surface area contributed by atoms with Crippen molar-refractivity contribution in [2.24, 2.45) is 5.92 Å². The fraction of sp³-hybridized carbons (Fsp3) is 0.333. The molecule has 0 saturated heterocycles. The fourth-order valence-corrected chi connectivity index (χ4v) is 5.60. The number of benzene rings is 3. The number of anilines is 1. The average molecular weight is 570 g/mol. The van der Waals surface area contributed by atoms with Gasteiger partial charge in [0.05, 0.1) is 10.6 Å². The standard InChI is InChI=1S/C30H36ClN3O4S/c1-21(2)18-32-30(36)24(5)33(19-25-11-9-10-14-28(25)31)29(35)20-34(26-16-15-22(3)23(4)17-26)39(37,38)27-12-7-6-8-13-27/h6-17,21,24H,18-20H2,1-5H3,(H,32,36)/t24-/m1/s1. The smallest absolute Gasteiger partial charge is 0.264 e. The maximum absolute atomic E-state index is 14.0. The molecule has 0 saturated carbocycles. The minimum atomic E-state index is -4.10. The number of sulfonamides is 1. The van der Waals surface area contributed by atoms with Gasteiger partial charge in [0.25, 0.3) is 10.0 Å². The van der Waals surface area contributed by atoms with E-state index in [1.807, 2.05) is 33.8 Å². The number of nitrogens with zero attached hydrogens (tertiary/aromatic N) is 2. The summed E-state index contributed by atoms with van der Waals surface area (Å²) in [7, 11) is -4.10. The molecule has 208 valence electrons. The van der Waals surface area contributed by atoms with Crippen molar-refractivity contribution in [3.05, 3.63) is 94.5 Å². The Bertz CT molecular complexity index is 1410. The minimum Gasteiger partial charge on any atom is -0.354 e. The quantitative estimate of drug-likeness (QED) is 0.338. The van der Waals surface area contributed by atoms with Crippen LogP contribution in [0.15, 0.2) is 77.7 Å². The Hall–Kier alpha value is -3.36. The molecule has 0 aliphatic rings. The van der Waals surface area contributed by atoms with Crippen LogP contribution in [0.25, 0.3) is 0 Å². The molecule has 0 aliphatic heterocycles. The van der Waals surface area contributed by atoms with Gasteiger partial charge < -0.3 is 10.2 Å². The van der Waals surface area contributed by atoms with Crippen molar-refractivity contribution in [1.82, 2.24) is 10.2 Å². The van der Waals surface area contributed by atoms with E-state index in [0.29, 0.717) is 22.8 Å². The number of aryl methyl sites for hydroxylation is 2. The molecule has 39 heavy (non-hydrogen) atoms. The SMILES string of the molecule is Cc1ccc(N(CC(=O)N(Cc2ccccc2Cl)[C@H](C)C(=O)NCC(C)C)S(=O)(=O)c2ccccc2)cc1C. The molecular formula is C30H36ClN3O4S. The van der Waals surface area contributed by atoms with Crippen molar-refractivity contribution in [3.8, 4) is 0 Å². The molecule has 0 aliphatic carbocycles. The van der Waals surface area contributed by atoms with Crippen molar-refractivity contribution in [1.29, 1.82) is 0 Å². The Morgan fingerprint density at radius 3 is 2.15 bits per heavy atom. The Balaban J connectivity index is 2.03. The Morgan fingerprint density at radius 1 is 0.897 bits per heavy atom. The second kappa shape index (κ2) is 13.1. The number of hydrogen-bond donors (Lipinski definition) is 1. The maximum Gasteiger partial charge on any atom is 0.264 e. The van der Waals surface area contributed by atoms with Crippen LogP contribution >= 0.6 is 11.6 Å². The van der Waals surface area contributed by atoms with E-state index in [9.17, 15) is 18.0 Å². The summed E-state index contributed by atoms with van der Waals surface area (Å²) in [5, 5.41) is 3.33. The Labute approximate surface area is 236 Å². The van der Waals surface area contributed by atoms with Crippen molar-refractivity contribution in [3.63, 3.8) is 0 Å². The molecule has 0 heterocycles. The predicted molar refractivity (Wildman–Crippen MR) is 156 cm³/mol. The molecule has 0 spiro atoms. The van der Waals surface area contributed by atoms with Gasteiger partial charge in [-0.1, -0.05) is 67.9 Å². The van der Waals surface area contributed by atoms with Gasteiger partial charge in [-0.2, -0.15) is 0 Å². The molecule has 1 atom stereocenters. The maximum atomic E-state index is 14.0. The highest BCUT2D eigenvalue weighted by Gasteiger charge is 2.32. The summed E-state index contributed by atoms with van der Waals surface area (Å²) in [6, 6.07) is 19.5. The number of nitrogens with one attached hydrogen (secondary N) is 1. The van der Waals surface area contributed by atoms with E-state index in [-0.39, 0.29) is 23.3 Å². The summed E-state index contributed by atoms with van der Waals surface area (Å²) in [5.41, 5.74) is 2.91. The summed E-state index contributed by atoms with van der Waals surface area (Å²) in [4.78, 5) is 28.5. The van der Waals surface area contributed by atoms with Gasteiger partial charge in [-0.05, 0) is 73.7 Å². The highest BCUT2D eigenvalue weighted by Crippen LogP contribution is 2.27. The molecule has 3 aromatic carbocycles. The largest absolute Gasteiger partial charge is 0.354 e. The molecule has 0 unspecified atom stereocenters. The third kappa shape index (κ3) is 7.61. The second-order valence-electron chi connectivity index (χ2n) is 10.0. The number of hydrogen-bond acceptors (Lipinski definition) is 4. The molecule has 3 aromatic rings. The Morgan fingerprint density at radius 2 is 1.54 bits per heavy atom. The van der Waals surface area contributed by atoms with Gasteiger partial charge in [-0.25, -0.2) is 8.42 Å². The van der Waals surface area contributed by atoms with E-state index in [2.05, 4.69) is 5.32 Å². The van der Waals surface area contributed by atoms with Gasteiger partial charge in [-0.3, -0.25) is 13.9 Å². The van der Waals surface area contributed by atoms with E-state index < -0.39 is 28.5 Å². The molecular weight excluding hydrogens is 534 g/mol.